The second-order valence-electron chi connectivity index (χ2n) is 5.50. The Bertz CT molecular complexity index is 833. The third-order valence-corrected chi connectivity index (χ3v) is 3.79. The molecule has 1 aliphatic rings. The maximum Gasteiger partial charge on any atom is 0.280 e. The van der Waals surface area contributed by atoms with E-state index in [-0.39, 0.29) is 30.0 Å². The first-order valence-electron chi connectivity index (χ1n) is 7.66. The van der Waals surface area contributed by atoms with Crippen LogP contribution in [-0.2, 0) is 4.79 Å². The Hall–Kier alpha value is -3.35. The molecule has 0 unspecified atom stereocenters. The van der Waals surface area contributed by atoms with E-state index in [2.05, 4.69) is 5.32 Å². The Balaban J connectivity index is 1.75. The Morgan fingerprint density at radius 2 is 1.92 bits per heavy atom. The average Bonchev–Trinajstić information content (AvgIpc) is 3.07. The summed E-state index contributed by atoms with van der Waals surface area (Å²) in [6.07, 6.45) is 2.66. The van der Waals surface area contributed by atoms with E-state index < -0.39 is 4.92 Å². The minimum absolute atomic E-state index is 0.0226. The van der Waals surface area contributed by atoms with Crippen molar-refractivity contribution in [3.8, 4) is 11.5 Å². The fourth-order valence-corrected chi connectivity index (χ4v) is 2.49. The lowest BCUT2D eigenvalue weighted by molar-refractivity contribution is -0.385. The SMILES string of the molecule is C[C@@H](NC(=O)/C=C/c1cc2c(cc1[N+](=O)[O-])OCO2)c1ccccc1. The second-order valence-corrected chi connectivity index (χ2v) is 5.50. The number of nitro groups is 1. The van der Waals surface area contributed by atoms with Crippen LogP contribution in [0.5, 0.6) is 11.5 Å². The number of hydrogen-bond donors (Lipinski definition) is 1. The third-order valence-electron chi connectivity index (χ3n) is 3.79. The number of nitrogens with one attached hydrogen (secondary N) is 1. The molecule has 0 radical (unpaired) electrons. The van der Waals surface area contributed by atoms with Gasteiger partial charge >= 0.3 is 0 Å². The fourth-order valence-electron chi connectivity index (χ4n) is 2.49. The van der Waals surface area contributed by atoms with E-state index in [1.165, 1.54) is 24.3 Å². The van der Waals surface area contributed by atoms with Crippen molar-refractivity contribution in [2.75, 3.05) is 6.79 Å². The summed E-state index contributed by atoms with van der Waals surface area (Å²) >= 11 is 0. The molecular formula is C18H16N2O5. The van der Waals surface area contributed by atoms with Gasteiger partial charge in [-0.25, -0.2) is 0 Å². The fraction of sp³-hybridized carbons (Fsp3) is 0.167. The summed E-state index contributed by atoms with van der Waals surface area (Å²) in [4.78, 5) is 22.8. The van der Waals surface area contributed by atoms with Gasteiger partial charge in [-0.1, -0.05) is 30.3 Å². The van der Waals surface area contributed by atoms with Crippen LogP contribution in [-0.4, -0.2) is 17.6 Å². The Morgan fingerprint density at radius 1 is 1.24 bits per heavy atom. The van der Waals surface area contributed by atoms with E-state index in [4.69, 9.17) is 9.47 Å². The molecule has 0 fully saturated rings. The minimum atomic E-state index is -0.522. The van der Waals surface area contributed by atoms with Crippen LogP contribution >= 0.6 is 0 Å². The first-order chi connectivity index (χ1) is 12.0. The number of amides is 1. The second kappa shape index (κ2) is 7.04. The topological polar surface area (TPSA) is 90.7 Å². The molecule has 2 aromatic carbocycles. The molecule has 0 saturated carbocycles. The van der Waals surface area contributed by atoms with Gasteiger partial charge in [0.15, 0.2) is 11.5 Å². The minimum Gasteiger partial charge on any atom is -0.454 e. The van der Waals surface area contributed by atoms with Gasteiger partial charge in [0.1, 0.15) is 0 Å². The van der Waals surface area contributed by atoms with Crippen LogP contribution in [0.4, 0.5) is 5.69 Å². The summed E-state index contributed by atoms with van der Waals surface area (Å²) in [7, 11) is 0. The van der Waals surface area contributed by atoms with Gasteiger partial charge in [0, 0.05) is 6.08 Å². The molecule has 128 valence electrons. The average molecular weight is 340 g/mol. The molecule has 2 aromatic rings. The maximum absolute atomic E-state index is 12.1. The van der Waals surface area contributed by atoms with E-state index >= 15 is 0 Å². The molecule has 0 spiro atoms. The van der Waals surface area contributed by atoms with Crippen molar-refractivity contribution < 1.29 is 19.2 Å². The number of benzene rings is 2. The smallest absolute Gasteiger partial charge is 0.280 e. The highest BCUT2D eigenvalue weighted by Gasteiger charge is 2.22. The summed E-state index contributed by atoms with van der Waals surface area (Å²) in [5.74, 6) is 0.401. The van der Waals surface area contributed by atoms with Crippen LogP contribution in [0, 0.1) is 10.1 Å². The molecule has 1 aliphatic heterocycles. The van der Waals surface area contributed by atoms with Crippen molar-refractivity contribution in [1.82, 2.24) is 5.32 Å². The lowest BCUT2D eigenvalue weighted by Gasteiger charge is -2.12. The Morgan fingerprint density at radius 3 is 2.60 bits per heavy atom. The van der Waals surface area contributed by atoms with E-state index in [0.717, 1.165) is 5.56 Å². The van der Waals surface area contributed by atoms with Gasteiger partial charge in [0.25, 0.3) is 5.69 Å². The molecule has 1 N–H and O–H groups in total. The van der Waals surface area contributed by atoms with Crippen molar-refractivity contribution in [2.45, 2.75) is 13.0 Å². The van der Waals surface area contributed by atoms with E-state index in [1.807, 2.05) is 37.3 Å². The number of hydrogen-bond acceptors (Lipinski definition) is 5. The molecule has 1 amide bonds. The quantitative estimate of drug-likeness (QED) is 0.513. The number of rotatable bonds is 5. The molecule has 3 rings (SSSR count). The van der Waals surface area contributed by atoms with Gasteiger partial charge in [0.05, 0.1) is 22.6 Å². The lowest BCUT2D eigenvalue weighted by Crippen LogP contribution is -2.24. The third kappa shape index (κ3) is 3.77. The monoisotopic (exact) mass is 340 g/mol. The number of fused-ring (bicyclic) bond motifs is 1. The normalized spacial score (nSPS) is 13.6. The van der Waals surface area contributed by atoms with Gasteiger partial charge in [0.2, 0.25) is 12.7 Å². The van der Waals surface area contributed by atoms with Crippen molar-refractivity contribution in [3.63, 3.8) is 0 Å². The van der Waals surface area contributed by atoms with Crippen LogP contribution in [0.3, 0.4) is 0 Å². The molecule has 7 nitrogen and oxygen atoms in total. The summed E-state index contributed by atoms with van der Waals surface area (Å²) in [5, 5.41) is 14.0. The largest absolute Gasteiger partial charge is 0.454 e. The molecule has 7 heteroatoms. The highest BCUT2D eigenvalue weighted by molar-refractivity contribution is 5.92. The lowest BCUT2D eigenvalue weighted by atomic mass is 10.1. The molecule has 0 saturated heterocycles. The molecular weight excluding hydrogens is 324 g/mol. The van der Waals surface area contributed by atoms with E-state index in [1.54, 1.807) is 0 Å². The molecule has 0 aromatic heterocycles. The zero-order valence-electron chi connectivity index (χ0n) is 13.5. The van der Waals surface area contributed by atoms with Gasteiger partial charge in [-0.05, 0) is 24.6 Å². The van der Waals surface area contributed by atoms with Crippen molar-refractivity contribution in [2.24, 2.45) is 0 Å². The number of nitrogens with zero attached hydrogens (tertiary/aromatic N) is 1. The highest BCUT2D eigenvalue weighted by Crippen LogP contribution is 2.38. The number of nitro benzene ring substituents is 1. The Kier molecular flexibility index (Phi) is 4.65. The van der Waals surface area contributed by atoms with Crippen LogP contribution in [0.2, 0.25) is 0 Å². The van der Waals surface area contributed by atoms with Gasteiger partial charge in [-0.3, -0.25) is 14.9 Å². The maximum atomic E-state index is 12.1. The first-order valence-corrected chi connectivity index (χ1v) is 7.66. The summed E-state index contributed by atoms with van der Waals surface area (Å²) < 4.78 is 10.4. The number of carbonyl (C=O) groups excluding carboxylic acids is 1. The van der Waals surface area contributed by atoms with Gasteiger partial charge in [-0.2, -0.15) is 0 Å². The zero-order chi connectivity index (χ0) is 17.8. The molecule has 1 atom stereocenters. The van der Waals surface area contributed by atoms with Crippen molar-refractivity contribution >= 4 is 17.7 Å². The van der Waals surface area contributed by atoms with E-state index in [9.17, 15) is 14.9 Å². The summed E-state index contributed by atoms with van der Waals surface area (Å²) in [6, 6.07) is 12.1. The number of ether oxygens (including phenoxy) is 2. The molecule has 1 heterocycles. The molecule has 25 heavy (non-hydrogen) atoms. The van der Waals surface area contributed by atoms with E-state index in [0.29, 0.717) is 11.5 Å². The number of carbonyl (C=O) groups is 1. The summed E-state index contributed by atoms with van der Waals surface area (Å²) in [6.45, 7) is 1.89. The predicted molar refractivity (Wildman–Crippen MR) is 91.3 cm³/mol. The van der Waals surface area contributed by atoms with Crippen LogP contribution in [0.15, 0.2) is 48.5 Å². The van der Waals surface area contributed by atoms with Crippen LogP contribution < -0.4 is 14.8 Å². The van der Waals surface area contributed by atoms with Gasteiger partial charge in [-0.15, -0.1) is 0 Å². The predicted octanol–water partition coefficient (Wildman–Crippen LogP) is 3.21. The highest BCUT2D eigenvalue weighted by atomic mass is 16.7. The molecule has 0 aliphatic carbocycles. The van der Waals surface area contributed by atoms with Gasteiger partial charge < -0.3 is 14.8 Å². The van der Waals surface area contributed by atoms with Crippen molar-refractivity contribution in [3.05, 3.63) is 69.8 Å². The standard InChI is InChI=1S/C18H16N2O5/c1-12(13-5-3-2-4-6-13)19-18(21)8-7-14-9-16-17(25-11-24-16)10-15(14)20(22)23/h2-10,12H,11H2,1H3,(H,19,21)/b8-7+/t12-/m1/s1. The zero-order valence-corrected chi connectivity index (χ0v) is 13.5. The van der Waals surface area contributed by atoms with Crippen molar-refractivity contribution in [1.29, 1.82) is 0 Å². The Labute approximate surface area is 144 Å². The van der Waals surface area contributed by atoms with Crippen LogP contribution in [0.25, 0.3) is 6.08 Å². The van der Waals surface area contributed by atoms with Crippen LogP contribution in [0.1, 0.15) is 24.1 Å². The molecule has 0 bridgehead atoms. The summed E-state index contributed by atoms with van der Waals surface area (Å²) in [5.41, 5.74) is 1.10. The first kappa shape index (κ1) is 16.5.